The van der Waals surface area contributed by atoms with Gasteiger partial charge in [0.15, 0.2) is 0 Å². The monoisotopic (exact) mass is 526 g/mol. The third kappa shape index (κ3) is 5.56. The number of carbonyl (C=O) groups excluding carboxylic acids is 2. The van der Waals surface area contributed by atoms with Crippen LogP contribution < -0.4 is 10.4 Å². The number of hydroxylamine groups is 1. The van der Waals surface area contributed by atoms with E-state index < -0.39 is 30.3 Å². The number of halogens is 3. The average molecular weight is 526 g/mol. The fraction of sp³-hybridized carbons (Fsp3) is 0.250. The van der Waals surface area contributed by atoms with Crippen LogP contribution in [0.3, 0.4) is 0 Å². The Bertz CT molecular complexity index is 1510. The summed E-state index contributed by atoms with van der Waals surface area (Å²) in [4.78, 5) is 40.1. The highest BCUT2D eigenvalue weighted by atomic mass is 19.4. The van der Waals surface area contributed by atoms with E-state index in [1.807, 2.05) is 6.07 Å². The number of anilines is 1. The molecule has 0 radical (unpaired) electrons. The molecule has 4 aromatic rings. The number of nitrogens with zero attached hydrogens (tertiary/aromatic N) is 6. The topological polar surface area (TPSA) is 142 Å². The van der Waals surface area contributed by atoms with Crippen molar-refractivity contribution in [2.24, 2.45) is 0 Å². The van der Waals surface area contributed by atoms with Crippen LogP contribution >= 0.6 is 0 Å². The number of fused-ring (bicyclic) bond motifs is 1. The summed E-state index contributed by atoms with van der Waals surface area (Å²) in [5.41, 5.74) is 2.17. The highest BCUT2D eigenvalue weighted by Gasteiger charge is 2.44. The largest absolute Gasteiger partial charge is 0.493 e. The fourth-order valence-corrected chi connectivity index (χ4v) is 3.69. The molecule has 196 valence electrons. The molecule has 0 aliphatic rings. The van der Waals surface area contributed by atoms with E-state index in [-0.39, 0.29) is 17.2 Å². The van der Waals surface area contributed by atoms with Gasteiger partial charge in [-0.15, -0.1) is 5.06 Å². The number of urea groups is 1. The molecule has 2 N–H and O–H groups in total. The molecule has 11 nitrogen and oxygen atoms in total. The second-order valence-electron chi connectivity index (χ2n) is 8.42. The number of nitrogens with one attached hydrogen (secondary N) is 2. The van der Waals surface area contributed by atoms with E-state index in [2.05, 4.69) is 36.3 Å². The molecular weight excluding hydrogens is 505 g/mol. The maximum Gasteiger partial charge on any atom is 0.493 e. The molecule has 1 atom stereocenters. The van der Waals surface area contributed by atoms with E-state index in [9.17, 15) is 28.0 Å². The van der Waals surface area contributed by atoms with Gasteiger partial charge in [0.05, 0.1) is 36.1 Å². The van der Waals surface area contributed by atoms with Crippen molar-refractivity contribution < 1.29 is 27.6 Å². The summed E-state index contributed by atoms with van der Waals surface area (Å²) < 4.78 is 40.2. The second kappa shape index (κ2) is 10.6. The standard InChI is InChI=1S/C24H21F3N8O3/c1-14(2)33-23(37)35(38-22(36)24(25,26)27)17-5-3-4-15(10-17)19(6-8-28)34-12-16(11-32-34)20-18-7-9-29-21(18)31-13-30-20/h3-5,7,9-14,19H,6H2,1-2H3,(H,33,37)(H,29,30,31). The number of hydrogen-bond acceptors (Lipinski definition) is 7. The summed E-state index contributed by atoms with van der Waals surface area (Å²) in [5.74, 6) is -2.56. The van der Waals surface area contributed by atoms with E-state index in [0.29, 0.717) is 22.5 Å². The first kappa shape index (κ1) is 26.1. The number of aromatic nitrogens is 5. The average Bonchev–Trinajstić information content (AvgIpc) is 3.54. The lowest BCUT2D eigenvalue weighted by atomic mass is 10.0. The Morgan fingerprint density at radius 1 is 1.26 bits per heavy atom. The molecule has 14 heteroatoms. The molecule has 1 aromatic carbocycles. The van der Waals surface area contributed by atoms with Gasteiger partial charge in [0.1, 0.15) is 12.0 Å². The Balaban J connectivity index is 1.70. The summed E-state index contributed by atoms with van der Waals surface area (Å²) in [7, 11) is 0. The third-order valence-electron chi connectivity index (χ3n) is 5.32. The van der Waals surface area contributed by atoms with Crippen molar-refractivity contribution in [3.8, 4) is 17.3 Å². The maximum absolute atomic E-state index is 12.9. The molecule has 38 heavy (non-hydrogen) atoms. The highest BCUT2D eigenvalue weighted by Crippen LogP contribution is 2.30. The van der Waals surface area contributed by atoms with E-state index in [1.54, 1.807) is 38.5 Å². The van der Waals surface area contributed by atoms with Gasteiger partial charge >= 0.3 is 18.2 Å². The number of aromatic amines is 1. The number of benzene rings is 1. The maximum atomic E-state index is 12.9. The number of hydrogen-bond donors (Lipinski definition) is 2. The zero-order chi connectivity index (χ0) is 27.4. The molecule has 0 saturated carbocycles. The van der Waals surface area contributed by atoms with E-state index in [0.717, 1.165) is 5.39 Å². The second-order valence-corrected chi connectivity index (χ2v) is 8.42. The van der Waals surface area contributed by atoms with E-state index in [1.165, 1.54) is 29.2 Å². The first-order valence-corrected chi connectivity index (χ1v) is 11.3. The molecule has 0 fully saturated rings. The summed E-state index contributed by atoms with van der Waals surface area (Å²) >= 11 is 0. The number of H-pyrrole nitrogens is 1. The molecule has 0 aliphatic heterocycles. The third-order valence-corrected chi connectivity index (χ3v) is 5.32. The Morgan fingerprint density at radius 3 is 2.76 bits per heavy atom. The molecule has 0 spiro atoms. The molecule has 1 unspecified atom stereocenters. The molecule has 0 aliphatic carbocycles. The van der Waals surface area contributed by atoms with Crippen LogP contribution in [0.15, 0.2) is 55.2 Å². The number of rotatable bonds is 6. The van der Waals surface area contributed by atoms with Gasteiger partial charge in [0.25, 0.3) is 0 Å². The van der Waals surface area contributed by atoms with Crippen LogP contribution in [0.25, 0.3) is 22.3 Å². The summed E-state index contributed by atoms with van der Waals surface area (Å²) in [6, 6.07) is 7.39. The van der Waals surface area contributed by atoms with Crippen LogP contribution in [-0.4, -0.2) is 49.0 Å². The molecule has 0 bridgehead atoms. The van der Waals surface area contributed by atoms with Crippen molar-refractivity contribution >= 4 is 28.7 Å². The van der Waals surface area contributed by atoms with Crippen molar-refractivity contribution in [2.45, 2.75) is 38.5 Å². The molecule has 0 saturated heterocycles. The Morgan fingerprint density at radius 2 is 2.05 bits per heavy atom. The van der Waals surface area contributed by atoms with Crippen LogP contribution in [0.4, 0.5) is 23.7 Å². The summed E-state index contributed by atoms with van der Waals surface area (Å²) in [6.45, 7) is 3.18. The van der Waals surface area contributed by atoms with Crippen LogP contribution in [0.5, 0.6) is 0 Å². The number of alkyl halides is 3. The summed E-state index contributed by atoms with van der Waals surface area (Å²) in [5, 5.41) is 17.3. The lowest BCUT2D eigenvalue weighted by Crippen LogP contribution is -2.46. The highest BCUT2D eigenvalue weighted by molar-refractivity contribution is 5.93. The van der Waals surface area contributed by atoms with E-state index in [4.69, 9.17) is 0 Å². The first-order valence-electron chi connectivity index (χ1n) is 11.3. The minimum atomic E-state index is -5.32. The minimum absolute atomic E-state index is 0.0611. The minimum Gasteiger partial charge on any atom is -0.346 e. The predicted molar refractivity (Wildman–Crippen MR) is 128 cm³/mol. The van der Waals surface area contributed by atoms with Gasteiger partial charge in [0.2, 0.25) is 0 Å². The zero-order valence-corrected chi connectivity index (χ0v) is 20.1. The van der Waals surface area contributed by atoms with Crippen LogP contribution in [0.2, 0.25) is 0 Å². The summed E-state index contributed by atoms with van der Waals surface area (Å²) in [6.07, 6.45) is 0.987. The lowest BCUT2D eigenvalue weighted by molar-refractivity contribution is -0.199. The molecular formula is C24H21F3N8O3. The van der Waals surface area contributed by atoms with Gasteiger partial charge in [0, 0.05) is 29.4 Å². The van der Waals surface area contributed by atoms with Crippen LogP contribution in [0, 0.1) is 11.3 Å². The normalized spacial score (nSPS) is 12.2. The number of nitriles is 1. The Kier molecular flexibility index (Phi) is 7.28. The van der Waals surface area contributed by atoms with Gasteiger partial charge in [-0.3, -0.25) is 4.68 Å². The van der Waals surface area contributed by atoms with Gasteiger partial charge in [-0.2, -0.15) is 23.5 Å². The van der Waals surface area contributed by atoms with Crippen LogP contribution in [0.1, 0.15) is 31.9 Å². The first-order chi connectivity index (χ1) is 18.1. The van der Waals surface area contributed by atoms with Gasteiger partial charge in [-0.25, -0.2) is 19.6 Å². The van der Waals surface area contributed by atoms with Gasteiger partial charge < -0.3 is 15.1 Å². The Hall–Kier alpha value is -4.93. The molecule has 4 rings (SSSR count). The SMILES string of the molecule is CC(C)NC(=O)N(OC(=O)C(F)(F)F)c1cccc(C(CC#N)n2cc(-c3ncnc4[nH]ccc34)cn2)c1. The van der Waals surface area contributed by atoms with Crippen LogP contribution in [-0.2, 0) is 9.63 Å². The van der Waals surface area contributed by atoms with Crippen molar-refractivity contribution in [3.05, 3.63) is 60.8 Å². The number of carbonyl (C=O) groups is 2. The quantitative estimate of drug-likeness (QED) is 0.357. The predicted octanol–water partition coefficient (Wildman–Crippen LogP) is 4.27. The van der Waals surface area contributed by atoms with Gasteiger partial charge in [-0.05, 0) is 37.6 Å². The van der Waals surface area contributed by atoms with Gasteiger partial charge in [-0.1, -0.05) is 12.1 Å². The smallest absolute Gasteiger partial charge is 0.346 e. The van der Waals surface area contributed by atoms with Crippen molar-refractivity contribution in [1.82, 2.24) is 30.0 Å². The van der Waals surface area contributed by atoms with Crippen molar-refractivity contribution in [1.29, 1.82) is 5.26 Å². The van der Waals surface area contributed by atoms with E-state index >= 15 is 0 Å². The number of amides is 2. The Labute approximate surface area is 213 Å². The van der Waals surface area contributed by atoms with Crippen molar-refractivity contribution in [2.75, 3.05) is 5.06 Å². The molecule has 3 heterocycles. The zero-order valence-electron chi connectivity index (χ0n) is 20.1. The van der Waals surface area contributed by atoms with Crippen molar-refractivity contribution in [3.63, 3.8) is 0 Å². The lowest BCUT2D eigenvalue weighted by Gasteiger charge is -2.24. The molecule has 2 amide bonds. The fourth-order valence-electron chi connectivity index (χ4n) is 3.69. The molecule has 3 aromatic heterocycles.